The molecular formula is C21H31N3O2. The molecule has 0 unspecified atom stereocenters. The highest BCUT2D eigenvalue weighted by atomic mass is 16.2. The fourth-order valence-electron chi connectivity index (χ4n) is 4.35. The van der Waals surface area contributed by atoms with Crippen molar-refractivity contribution in [3.63, 3.8) is 0 Å². The zero-order chi connectivity index (χ0) is 18.4. The van der Waals surface area contributed by atoms with Gasteiger partial charge in [-0.05, 0) is 61.8 Å². The fraction of sp³-hybridized carbons (Fsp3) is 0.619. The molecule has 1 aliphatic heterocycles. The molecule has 5 heteroatoms. The van der Waals surface area contributed by atoms with Crippen LogP contribution in [0.3, 0.4) is 0 Å². The quantitative estimate of drug-likeness (QED) is 0.799. The molecule has 5 nitrogen and oxygen atoms in total. The van der Waals surface area contributed by atoms with Crippen molar-refractivity contribution in [3.8, 4) is 0 Å². The second-order valence-electron chi connectivity index (χ2n) is 7.81. The summed E-state index contributed by atoms with van der Waals surface area (Å²) >= 11 is 0. The Kier molecular flexibility index (Phi) is 6.17. The van der Waals surface area contributed by atoms with E-state index in [1.165, 1.54) is 38.5 Å². The number of rotatable bonds is 3. The average molecular weight is 357 g/mol. The number of anilines is 2. The van der Waals surface area contributed by atoms with Gasteiger partial charge in [-0.25, -0.2) is 4.79 Å². The Labute approximate surface area is 156 Å². The maximum Gasteiger partial charge on any atom is 0.321 e. The smallest absolute Gasteiger partial charge is 0.321 e. The highest BCUT2D eigenvalue weighted by Gasteiger charge is 2.34. The Balaban J connectivity index is 1.53. The summed E-state index contributed by atoms with van der Waals surface area (Å²) in [6.07, 6.45) is 10.7. The third kappa shape index (κ3) is 4.77. The molecule has 1 heterocycles. The Morgan fingerprint density at radius 1 is 0.885 bits per heavy atom. The summed E-state index contributed by atoms with van der Waals surface area (Å²) in [6, 6.07) is 7.31. The molecule has 0 radical (unpaired) electrons. The molecular weight excluding hydrogens is 326 g/mol. The normalized spacial score (nSPS) is 19.7. The first-order chi connectivity index (χ1) is 12.6. The topological polar surface area (TPSA) is 61.4 Å². The van der Waals surface area contributed by atoms with Gasteiger partial charge in [0, 0.05) is 30.9 Å². The van der Waals surface area contributed by atoms with Crippen LogP contribution in [0.15, 0.2) is 24.3 Å². The molecule has 0 atom stereocenters. The van der Waals surface area contributed by atoms with Gasteiger partial charge in [0.25, 0.3) is 0 Å². The molecule has 1 saturated heterocycles. The number of nitrogens with zero attached hydrogens (tertiary/aromatic N) is 1. The van der Waals surface area contributed by atoms with Gasteiger partial charge in [0.1, 0.15) is 0 Å². The Hall–Kier alpha value is -2.04. The molecule has 0 aromatic heterocycles. The lowest BCUT2D eigenvalue weighted by atomic mass is 9.69. The molecule has 2 fully saturated rings. The summed E-state index contributed by atoms with van der Waals surface area (Å²) in [5.74, 6) is -0.0111. The summed E-state index contributed by atoms with van der Waals surface area (Å²) < 4.78 is 0. The number of nitrogens with one attached hydrogen (secondary N) is 2. The van der Waals surface area contributed by atoms with E-state index in [0.29, 0.717) is 11.8 Å². The van der Waals surface area contributed by atoms with E-state index in [1.54, 1.807) is 0 Å². The molecule has 26 heavy (non-hydrogen) atoms. The minimum absolute atomic E-state index is 0.0109. The van der Waals surface area contributed by atoms with Crippen LogP contribution in [-0.2, 0) is 4.79 Å². The number of amides is 3. The monoisotopic (exact) mass is 357 g/mol. The van der Waals surface area contributed by atoms with Crippen LogP contribution in [0.2, 0.25) is 0 Å². The predicted molar refractivity (Wildman–Crippen MR) is 105 cm³/mol. The van der Waals surface area contributed by atoms with Crippen molar-refractivity contribution in [2.24, 2.45) is 5.41 Å². The van der Waals surface area contributed by atoms with E-state index < -0.39 is 0 Å². The SMILES string of the molecule is CCC(=O)Nc1ccc(NC(=O)N2CCCC3(CCCCC3)CC2)cc1. The molecule has 1 aromatic carbocycles. The van der Waals surface area contributed by atoms with Crippen molar-refractivity contribution in [1.82, 2.24) is 4.90 Å². The van der Waals surface area contributed by atoms with E-state index in [0.717, 1.165) is 37.3 Å². The molecule has 1 aromatic rings. The van der Waals surface area contributed by atoms with Gasteiger partial charge >= 0.3 is 6.03 Å². The first kappa shape index (κ1) is 18.7. The molecule has 1 aliphatic carbocycles. The fourth-order valence-corrected chi connectivity index (χ4v) is 4.35. The molecule has 0 bridgehead atoms. The second kappa shape index (κ2) is 8.56. The van der Waals surface area contributed by atoms with Crippen molar-refractivity contribution >= 4 is 23.3 Å². The van der Waals surface area contributed by atoms with Gasteiger partial charge in [-0.15, -0.1) is 0 Å². The second-order valence-corrected chi connectivity index (χ2v) is 7.81. The van der Waals surface area contributed by atoms with Crippen LogP contribution in [0.5, 0.6) is 0 Å². The van der Waals surface area contributed by atoms with Crippen LogP contribution < -0.4 is 10.6 Å². The van der Waals surface area contributed by atoms with Crippen molar-refractivity contribution < 1.29 is 9.59 Å². The third-order valence-corrected chi connectivity index (χ3v) is 5.99. The largest absolute Gasteiger partial charge is 0.326 e. The highest BCUT2D eigenvalue weighted by Crippen LogP contribution is 2.44. The summed E-state index contributed by atoms with van der Waals surface area (Å²) in [5, 5.41) is 5.81. The number of hydrogen-bond donors (Lipinski definition) is 2. The highest BCUT2D eigenvalue weighted by molar-refractivity contribution is 5.92. The number of carbonyl (C=O) groups is 2. The lowest BCUT2D eigenvalue weighted by Crippen LogP contribution is -2.36. The van der Waals surface area contributed by atoms with E-state index >= 15 is 0 Å². The average Bonchev–Trinajstić information content (AvgIpc) is 2.86. The van der Waals surface area contributed by atoms with E-state index in [-0.39, 0.29) is 11.9 Å². The minimum Gasteiger partial charge on any atom is -0.326 e. The first-order valence-electron chi connectivity index (χ1n) is 10.1. The van der Waals surface area contributed by atoms with Gasteiger partial charge in [-0.2, -0.15) is 0 Å². The van der Waals surface area contributed by atoms with E-state index in [1.807, 2.05) is 36.1 Å². The number of hydrogen-bond acceptors (Lipinski definition) is 2. The van der Waals surface area contributed by atoms with Crippen LogP contribution >= 0.6 is 0 Å². The van der Waals surface area contributed by atoms with Crippen molar-refractivity contribution in [2.45, 2.75) is 64.7 Å². The van der Waals surface area contributed by atoms with Crippen LogP contribution in [-0.4, -0.2) is 29.9 Å². The number of carbonyl (C=O) groups excluding carboxylic acids is 2. The molecule has 2 N–H and O–H groups in total. The maximum absolute atomic E-state index is 12.6. The Bertz CT molecular complexity index is 621. The lowest BCUT2D eigenvalue weighted by Gasteiger charge is -2.36. The number of likely N-dealkylation sites (tertiary alicyclic amines) is 1. The van der Waals surface area contributed by atoms with E-state index in [4.69, 9.17) is 0 Å². The zero-order valence-corrected chi connectivity index (χ0v) is 15.9. The lowest BCUT2D eigenvalue weighted by molar-refractivity contribution is -0.115. The predicted octanol–water partition coefficient (Wildman–Crippen LogP) is 5.00. The number of urea groups is 1. The van der Waals surface area contributed by atoms with Gasteiger partial charge in [0.2, 0.25) is 5.91 Å². The molecule has 1 spiro atoms. The van der Waals surface area contributed by atoms with Crippen molar-refractivity contribution in [1.29, 1.82) is 0 Å². The van der Waals surface area contributed by atoms with Crippen LogP contribution in [0.4, 0.5) is 16.2 Å². The summed E-state index contributed by atoms with van der Waals surface area (Å²) in [5.41, 5.74) is 2.01. The molecule has 1 saturated carbocycles. The Morgan fingerprint density at radius 2 is 1.50 bits per heavy atom. The van der Waals surface area contributed by atoms with Gasteiger partial charge < -0.3 is 15.5 Å². The van der Waals surface area contributed by atoms with Crippen LogP contribution in [0.1, 0.15) is 64.7 Å². The molecule has 3 rings (SSSR count). The van der Waals surface area contributed by atoms with Gasteiger partial charge in [0.05, 0.1) is 0 Å². The standard InChI is InChI=1S/C21H31N3O2/c1-2-19(25)22-17-7-9-18(10-8-17)23-20(26)24-15-6-13-21(14-16-24)11-4-3-5-12-21/h7-10H,2-6,11-16H2,1H3,(H,22,25)(H,23,26). The summed E-state index contributed by atoms with van der Waals surface area (Å²) in [7, 11) is 0. The van der Waals surface area contributed by atoms with E-state index in [2.05, 4.69) is 10.6 Å². The van der Waals surface area contributed by atoms with Crippen molar-refractivity contribution in [2.75, 3.05) is 23.7 Å². The molecule has 2 aliphatic rings. The Morgan fingerprint density at radius 3 is 2.15 bits per heavy atom. The minimum atomic E-state index is -0.0111. The first-order valence-corrected chi connectivity index (χ1v) is 10.1. The zero-order valence-electron chi connectivity index (χ0n) is 15.9. The molecule has 3 amide bonds. The van der Waals surface area contributed by atoms with Crippen LogP contribution in [0.25, 0.3) is 0 Å². The van der Waals surface area contributed by atoms with Crippen molar-refractivity contribution in [3.05, 3.63) is 24.3 Å². The third-order valence-electron chi connectivity index (χ3n) is 5.99. The van der Waals surface area contributed by atoms with E-state index in [9.17, 15) is 9.59 Å². The van der Waals surface area contributed by atoms with Gasteiger partial charge in [-0.1, -0.05) is 26.2 Å². The van der Waals surface area contributed by atoms with Gasteiger partial charge in [0.15, 0.2) is 0 Å². The van der Waals surface area contributed by atoms with Gasteiger partial charge in [-0.3, -0.25) is 4.79 Å². The summed E-state index contributed by atoms with van der Waals surface area (Å²) in [4.78, 5) is 26.0. The van der Waals surface area contributed by atoms with Crippen LogP contribution in [0, 0.1) is 5.41 Å². The summed E-state index contributed by atoms with van der Waals surface area (Å²) in [6.45, 7) is 3.53. The maximum atomic E-state index is 12.6. The molecule has 142 valence electrons. The number of benzene rings is 1.